The molecule has 1 unspecified atom stereocenters. The molecule has 3 rings (SSSR count). The number of hydrogen-bond acceptors (Lipinski definition) is 4. The molecule has 5 nitrogen and oxygen atoms in total. The van der Waals surface area contributed by atoms with Gasteiger partial charge in [0.15, 0.2) is 0 Å². The van der Waals surface area contributed by atoms with Gasteiger partial charge < -0.3 is 15.4 Å². The van der Waals surface area contributed by atoms with Crippen molar-refractivity contribution in [1.29, 1.82) is 0 Å². The minimum absolute atomic E-state index is 0.0602. The van der Waals surface area contributed by atoms with E-state index in [4.69, 9.17) is 16.3 Å². The largest absolute Gasteiger partial charge is 0.495 e. The third-order valence-electron chi connectivity index (χ3n) is 4.10. The SMILES string of the molecule is COc1ccc(Cl)cc1NC(=O)c1ccnc(NC(C)c2ccccc2)c1. The summed E-state index contributed by atoms with van der Waals surface area (Å²) in [4.78, 5) is 16.9. The van der Waals surface area contributed by atoms with Crippen molar-refractivity contribution in [2.75, 3.05) is 17.7 Å². The van der Waals surface area contributed by atoms with Crippen LogP contribution in [0, 0.1) is 0 Å². The lowest BCUT2D eigenvalue weighted by Crippen LogP contribution is -2.14. The van der Waals surface area contributed by atoms with Crippen LogP contribution < -0.4 is 15.4 Å². The predicted molar refractivity (Wildman–Crippen MR) is 109 cm³/mol. The molecule has 0 spiro atoms. The second-order valence-electron chi connectivity index (χ2n) is 6.01. The fraction of sp³-hybridized carbons (Fsp3) is 0.143. The summed E-state index contributed by atoms with van der Waals surface area (Å²) < 4.78 is 5.26. The van der Waals surface area contributed by atoms with Crippen LogP contribution in [-0.2, 0) is 0 Å². The van der Waals surface area contributed by atoms with Gasteiger partial charge in [-0.15, -0.1) is 0 Å². The number of aromatic nitrogens is 1. The monoisotopic (exact) mass is 381 g/mol. The Morgan fingerprint density at radius 1 is 1.11 bits per heavy atom. The molecule has 2 aromatic carbocycles. The highest BCUT2D eigenvalue weighted by Gasteiger charge is 2.12. The number of amides is 1. The van der Waals surface area contributed by atoms with E-state index in [-0.39, 0.29) is 11.9 Å². The molecule has 138 valence electrons. The van der Waals surface area contributed by atoms with E-state index in [1.807, 2.05) is 37.3 Å². The van der Waals surface area contributed by atoms with Gasteiger partial charge >= 0.3 is 0 Å². The zero-order chi connectivity index (χ0) is 19.2. The maximum atomic E-state index is 12.6. The van der Waals surface area contributed by atoms with Crippen molar-refractivity contribution in [2.24, 2.45) is 0 Å². The second kappa shape index (κ2) is 8.56. The fourth-order valence-electron chi connectivity index (χ4n) is 2.67. The molecule has 27 heavy (non-hydrogen) atoms. The Morgan fingerprint density at radius 3 is 2.63 bits per heavy atom. The van der Waals surface area contributed by atoms with Gasteiger partial charge in [0.2, 0.25) is 0 Å². The van der Waals surface area contributed by atoms with Gasteiger partial charge in [-0.05, 0) is 42.8 Å². The van der Waals surface area contributed by atoms with E-state index < -0.39 is 0 Å². The van der Waals surface area contributed by atoms with Crippen molar-refractivity contribution in [3.05, 3.63) is 83.0 Å². The van der Waals surface area contributed by atoms with Gasteiger partial charge in [0.25, 0.3) is 5.91 Å². The Hall–Kier alpha value is -3.05. The molecule has 2 N–H and O–H groups in total. The van der Waals surface area contributed by atoms with Crippen LogP contribution in [0.25, 0.3) is 0 Å². The summed E-state index contributed by atoms with van der Waals surface area (Å²) in [5.74, 6) is 0.892. The standard InChI is InChI=1S/C21H20ClN3O2/c1-14(15-6-4-3-5-7-15)24-20-12-16(10-11-23-20)21(26)25-18-13-17(22)8-9-19(18)27-2/h3-14H,1-2H3,(H,23,24)(H,25,26). The number of methoxy groups -OCH3 is 1. The van der Waals surface area contributed by atoms with Crippen LogP contribution in [0.1, 0.15) is 28.9 Å². The number of carbonyl (C=O) groups excluding carboxylic acids is 1. The summed E-state index contributed by atoms with van der Waals surface area (Å²) in [5.41, 5.74) is 2.13. The van der Waals surface area contributed by atoms with E-state index in [0.717, 1.165) is 5.56 Å². The lowest BCUT2D eigenvalue weighted by Gasteiger charge is -2.15. The first-order valence-electron chi connectivity index (χ1n) is 8.49. The summed E-state index contributed by atoms with van der Waals surface area (Å²) >= 11 is 6.02. The highest BCUT2D eigenvalue weighted by molar-refractivity contribution is 6.31. The molecule has 1 amide bonds. The van der Waals surface area contributed by atoms with Gasteiger partial charge in [0, 0.05) is 22.8 Å². The van der Waals surface area contributed by atoms with Crippen molar-refractivity contribution < 1.29 is 9.53 Å². The van der Waals surface area contributed by atoms with Crippen LogP contribution >= 0.6 is 11.6 Å². The number of hydrogen-bond donors (Lipinski definition) is 2. The Labute approximate surface area is 163 Å². The average molecular weight is 382 g/mol. The van der Waals surface area contributed by atoms with E-state index in [1.54, 1.807) is 43.6 Å². The molecular formula is C21H20ClN3O2. The number of pyridine rings is 1. The van der Waals surface area contributed by atoms with Crippen molar-refractivity contribution in [1.82, 2.24) is 4.98 Å². The molecule has 1 atom stereocenters. The average Bonchev–Trinajstić information content (AvgIpc) is 2.69. The topological polar surface area (TPSA) is 63.2 Å². The molecule has 0 aliphatic heterocycles. The molecule has 1 heterocycles. The second-order valence-corrected chi connectivity index (χ2v) is 6.44. The van der Waals surface area contributed by atoms with Crippen LogP contribution in [-0.4, -0.2) is 18.0 Å². The van der Waals surface area contributed by atoms with Gasteiger partial charge in [-0.25, -0.2) is 4.98 Å². The first kappa shape index (κ1) is 18.7. The predicted octanol–water partition coefficient (Wildman–Crippen LogP) is 5.17. The van der Waals surface area contributed by atoms with Gasteiger partial charge in [-0.2, -0.15) is 0 Å². The molecule has 0 saturated carbocycles. The van der Waals surface area contributed by atoms with Crippen molar-refractivity contribution in [2.45, 2.75) is 13.0 Å². The third kappa shape index (κ3) is 4.77. The molecule has 0 aliphatic carbocycles. The van der Waals surface area contributed by atoms with E-state index in [2.05, 4.69) is 15.6 Å². The molecule has 0 radical (unpaired) electrons. The molecule has 6 heteroatoms. The number of nitrogens with one attached hydrogen (secondary N) is 2. The smallest absolute Gasteiger partial charge is 0.255 e. The normalized spacial score (nSPS) is 11.5. The molecular weight excluding hydrogens is 362 g/mol. The van der Waals surface area contributed by atoms with Gasteiger partial charge in [-0.1, -0.05) is 41.9 Å². The molecule has 0 saturated heterocycles. The lowest BCUT2D eigenvalue weighted by atomic mass is 10.1. The number of halogens is 1. The fourth-order valence-corrected chi connectivity index (χ4v) is 2.84. The molecule has 0 bridgehead atoms. The number of anilines is 2. The quantitative estimate of drug-likeness (QED) is 0.618. The first-order valence-corrected chi connectivity index (χ1v) is 8.87. The Morgan fingerprint density at radius 2 is 1.89 bits per heavy atom. The molecule has 3 aromatic rings. The zero-order valence-corrected chi connectivity index (χ0v) is 15.8. The van der Waals surface area contributed by atoms with Crippen LogP contribution in [0.4, 0.5) is 11.5 Å². The number of rotatable bonds is 6. The Kier molecular flexibility index (Phi) is 5.94. The van der Waals surface area contributed by atoms with Gasteiger partial charge in [0.05, 0.1) is 12.8 Å². The van der Waals surface area contributed by atoms with Crippen LogP contribution in [0.3, 0.4) is 0 Å². The van der Waals surface area contributed by atoms with Gasteiger partial charge in [0.1, 0.15) is 11.6 Å². The third-order valence-corrected chi connectivity index (χ3v) is 4.33. The van der Waals surface area contributed by atoms with E-state index in [9.17, 15) is 4.79 Å². The first-order chi connectivity index (χ1) is 13.1. The summed E-state index contributed by atoms with van der Waals surface area (Å²) in [5, 5.41) is 6.65. The van der Waals surface area contributed by atoms with Crippen LogP contribution in [0.2, 0.25) is 5.02 Å². The minimum Gasteiger partial charge on any atom is -0.495 e. The molecule has 0 fully saturated rings. The number of carbonyl (C=O) groups is 1. The number of nitrogens with zero attached hydrogens (tertiary/aromatic N) is 1. The van der Waals surface area contributed by atoms with Crippen LogP contribution in [0.15, 0.2) is 66.9 Å². The van der Waals surface area contributed by atoms with E-state index >= 15 is 0 Å². The van der Waals surface area contributed by atoms with Crippen molar-refractivity contribution in [3.8, 4) is 5.75 Å². The van der Waals surface area contributed by atoms with Gasteiger partial charge in [-0.3, -0.25) is 4.79 Å². The molecule has 1 aromatic heterocycles. The Bertz CT molecular complexity index is 932. The van der Waals surface area contributed by atoms with Crippen molar-refractivity contribution >= 4 is 29.0 Å². The van der Waals surface area contributed by atoms with E-state index in [1.165, 1.54) is 0 Å². The van der Waals surface area contributed by atoms with Crippen LogP contribution in [0.5, 0.6) is 5.75 Å². The summed E-state index contributed by atoms with van der Waals surface area (Å²) in [6, 6.07) is 18.5. The zero-order valence-electron chi connectivity index (χ0n) is 15.1. The number of ether oxygens (including phenoxy) is 1. The summed E-state index contributed by atoms with van der Waals surface area (Å²) in [6.07, 6.45) is 1.60. The lowest BCUT2D eigenvalue weighted by molar-refractivity contribution is 0.102. The highest BCUT2D eigenvalue weighted by Crippen LogP contribution is 2.28. The summed E-state index contributed by atoms with van der Waals surface area (Å²) in [7, 11) is 1.54. The highest BCUT2D eigenvalue weighted by atomic mass is 35.5. The maximum absolute atomic E-state index is 12.6. The summed E-state index contributed by atoms with van der Waals surface area (Å²) in [6.45, 7) is 2.04. The number of benzene rings is 2. The molecule has 0 aliphatic rings. The maximum Gasteiger partial charge on any atom is 0.255 e. The van der Waals surface area contributed by atoms with Crippen molar-refractivity contribution in [3.63, 3.8) is 0 Å². The van der Waals surface area contributed by atoms with E-state index in [0.29, 0.717) is 27.8 Å². The Balaban J connectivity index is 1.75. The minimum atomic E-state index is -0.270.